The molecule has 0 aromatic carbocycles. The highest BCUT2D eigenvalue weighted by Crippen LogP contribution is 2.29. The van der Waals surface area contributed by atoms with E-state index in [0.717, 1.165) is 96.3 Å². The van der Waals surface area contributed by atoms with Crippen LogP contribution < -0.4 is 0 Å². The summed E-state index contributed by atoms with van der Waals surface area (Å²) in [6.45, 7) is 6.30. The number of rotatable bonds is 75. The molecule has 1 fully saturated rings. The fourth-order valence-corrected chi connectivity index (χ4v) is 17.0. The van der Waals surface area contributed by atoms with Gasteiger partial charge in [-0.1, -0.05) is 534 Å². The van der Waals surface area contributed by atoms with Gasteiger partial charge in [0.2, 0.25) is 0 Å². The van der Waals surface area contributed by atoms with Gasteiger partial charge in [0.05, 0.1) is 5.92 Å². The highest BCUT2D eigenvalue weighted by molar-refractivity contribution is 5.73. The quantitative estimate of drug-likeness (QED) is 0.0337. The molecular formula is C101H194O8. The molecule has 0 unspecified atom stereocenters. The Morgan fingerprint density at radius 3 is 0.495 bits per heavy atom. The van der Waals surface area contributed by atoms with Gasteiger partial charge in [0.15, 0.2) is 0 Å². The zero-order valence-corrected chi connectivity index (χ0v) is 74.4. The van der Waals surface area contributed by atoms with Gasteiger partial charge in [0.25, 0.3) is 0 Å². The molecule has 1 aliphatic carbocycles. The molecule has 0 atom stereocenters. The minimum absolute atomic E-state index is 0.145. The predicted octanol–water partition coefficient (Wildman–Crippen LogP) is 34.2. The summed E-state index contributed by atoms with van der Waals surface area (Å²) >= 11 is 0. The van der Waals surface area contributed by atoms with Gasteiger partial charge in [-0.25, -0.2) is 0 Å². The Kier molecular flexibility index (Phi) is 84.9. The number of carbonyl (C=O) groups excluding carboxylic acids is 4. The number of ether oxygens (including phenoxy) is 4. The van der Waals surface area contributed by atoms with E-state index in [1.807, 2.05) is 0 Å². The maximum absolute atomic E-state index is 14.6. The molecule has 1 aliphatic rings. The van der Waals surface area contributed by atoms with E-state index in [1.54, 1.807) is 0 Å². The topological polar surface area (TPSA) is 105 Å². The second-order valence-electron chi connectivity index (χ2n) is 35.9. The monoisotopic (exact) mass is 1540 g/mol. The molecule has 0 aromatic rings. The second kappa shape index (κ2) is 88.2. The van der Waals surface area contributed by atoms with Crippen molar-refractivity contribution in [2.45, 2.75) is 586 Å². The van der Waals surface area contributed by atoms with Gasteiger partial charge in [-0.05, 0) is 32.1 Å². The number of hydrogen-bond donors (Lipinski definition) is 0. The van der Waals surface area contributed by atoms with Crippen molar-refractivity contribution in [3.05, 3.63) is 0 Å². The normalized spacial score (nSPS) is 14.6. The van der Waals surface area contributed by atoms with Crippen LogP contribution in [-0.4, -0.2) is 50.3 Å². The van der Waals surface area contributed by atoms with Gasteiger partial charge >= 0.3 is 23.9 Å². The van der Waals surface area contributed by atoms with Gasteiger partial charge in [0.1, 0.15) is 31.8 Å². The van der Waals surface area contributed by atoms with Gasteiger partial charge < -0.3 is 18.9 Å². The largest absolute Gasteiger partial charge is 0.465 e. The lowest BCUT2D eigenvalue weighted by Crippen LogP contribution is -2.44. The van der Waals surface area contributed by atoms with Gasteiger partial charge in [0, 0.05) is 19.3 Å². The SMILES string of the molecule is CCCCCCCCCCCCCCCCCCCCCCCC(=O)OCC(COC(=O)CCCCCCCCCCCCCCCCCCCCCCC)(COC(=O)CCCCCCCCCCCCCCCCCCCCCCC)COC(=O)C1CCCCCCCCCCCCCCCCCCCCCC1. The summed E-state index contributed by atoms with van der Waals surface area (Å²) in [7, 11) is 0. The molecule has 0 N–H and O–H groups in total. The molecule has 1 rings (SSSR count). The molecule has 0 amide bonds. The molecule has 0 saturated heterocycles. The van der Waals surface area contributed by atoms with E-state index in [4.69, 9.17) is 18.9 Å². The zero-order valence-electron chi connectivity index (χ0n) is 74.4. The summed E-state index contributed by atoms with van der Waals surface area (Å²) in [5.41, 5.74) is -1.23. The maximum Gasteiger partial charge on any atom is 0.308 e. The number of unbranched alkanes of at least 4 members (excludes halogenated alkanes) is 60. The highest BCUT2D eigenvalue weighted by Gasteiger charge is 2.39. The van der Waals surface area contributed by atoms with Gasteiger partial charge in [-0.15, -0.1) is 0 Å². The predicted molar refractivity (Wildman–Crippen MR) is 473 cm³/mol. The van der Waals surface area contributed by atoms with Gasteiger partial charge in [-0.3, -0.25) is 19.2 Å². The van der Waals surface area contributed by atoms with Crippen LogP contribution in [0, 0.1) is 11.3 Å². The molecule has 0 spiro atoms. The molecule has 0 bridgehead atoms. The third-order valence-electron chi connectivity index (χ3n) is 24.8. The fraction of sp³-hybridized carbons (Fsp3) is 0.960. The van der Waals surface area contributed by atoms with E-state index in [2.05, 4.69) is 20.8 Å². The molecule has 0 radical (unpaired) electrons. The number of carbonyl (C=O) groups is 4. The zero-order chi connectivity index (χ0) is 78.3. The van der Waals surface area contributed by atoms with Crippen LogP contribution in [0.2, 0.25) is 0 Å². The van der Waals surface area contributed by atoms with Crippen LogP contribution in [0.5, 0.6) is 0 Å². The Labute approximate surface area is 681 Å². The molecule has 0 aromatic heterocycles. The summed E-state index contributed by atoms with van der Waals surface area (Å²) in [4.78, 5) is 56.0. The number of esters is 4. The first-order valence-electron chi connectivity index (χ1n) is 50.5. The molecule has 0 aliphatic heterocycles. The lowest BCUT2D eigenvalue weighted by atomic mass is 9.91. The summed E-state index contributed by atoms with van der Waals surface area (Å²) in [6.07, 6.45) is 111. The van der Waals surface area contributed by atoms with Crippen molar-refractivity contribution in [3.63, 3.8) is 0 Å². The van der Waals surface area contributed by atoms with Crippen LogP contribution in [0.3, 0.4) is 0 Å². The van der Waals surface area contributed by atoms with Crippen LogP contribution >= 0.6 is 0 Å². The molecule has 109 heavy (non-hydrogen) atoms. The van der Waals surface area contributed by atoms with Crippen molar-refractivity contribution in [2.24, 2.45) is 11.3 Å². The average molecular weight is 1540 g/mol. The third-order valence-corrected chi connectivity index (χ3v) is 24.8. The van der Waals surface area contributed by atoms with Crippen LogP contribution in [0.1, 0.15) is 586 Å². The van der Waals surface area contributed by atoms with E-state index in [9.17, 15) is 19.2 Å². The Hall–Kier alpha value is -2.12. The van der Waals surface area contributed by atoms with E-state index >= 15 is 0 Å². The minimum atomic E-state index is -1.23. The van der Waals surface area contributed by atoms with Crippen molar-refractivity contribution in [1.29, 1.82) is 0 Å². The average Bonchev–Trinajstić information content (AvgIpc) is 0.848. The lowest BCUT2D eigenvalue weighted by Gasteiger charge is -2.32. The Morgan fingerprint density at radius 1 is 0.193 bits per heavy atom. The van der Waals surface area contributed by atoms with Crippen molar-refractivity contribution < 1.29 is 38.1 Å². The van der Waals surface area contributed by atoms with E-state index < -0.39 is 5.41 Å². The molecule has 8 nitrogen and oxygen atoms in total. The van der Waals surface area contributed by atoms with Crippen molar-refractivity contribution in [1.82, 2.24) is 0 Å². The molecule has 646 valence electrons. The Balaban J connectivity index is 2.98. The maximum atomic E-state index is 14.6. The van der Waals surface area contributed by atoms with Gasteiger partial charge in [-0.2, -0.15) is 0 Å². The van der Waals surface area contributed by atoms with Crippen molar-refractivity contribution in [3.8, 4) is 0 Å². The van der Waals surface area contributed by atoms with Crippen molar-refractivity contribution in [2.75, 3.05) is 26.4 Å². The smallest absolute Gasteiger partial charge is 0.308 e. The molecule has 8 heteroatoms. The van der Waals surface area contributed by atoms with E-state index in [0.29, 0.717) is 19.3 Å². The van der Waals surface area contributed by atoms with Crippen molar-refractivity contribution >= 4 is 23.9 Å². The molecule has 0 heterocycles. The van der Waals surface area contributed by atoms with E-state index in [-0.39, 0.29) is 56.2 Å². The first-order valence-corrected chi connectivity index (χ1v) is 50.5. The fourth-order valence-electron chi connectivity index (χ4n) is 17.0. The van der Waals surface area contributed by atoms with Crippen LogP contribution in [-0.2, 0) is 38.1 Å². The summed E-state index contributed by atoms with van der Waals surface area (Å²) in [6, 6.07) is 0. The standard InChI is InChI=1S/C101H194O8/c1-4-7-10-13-16-19-22-25-28-31-34-37-44-49-54-59-64-69-74-79-84-89-97(102)106-92-101(93-107-98(103)90-85-80-75-70-65-60-55-50-45-38-35-32-29-26-23-20-17-14-11-8-5-2,94-108-99(104)91-86-81-76-71-66-61-56-51-46-39-36-33-30-27-24-21-18-15-12-9-6-3)95-109-100(105)96-87-82-77-72-67-62-57-52-47-42-40-41-43-48-53-58-63-68-73-78-83-88-96/h96H,4-95H2,1-3H3. The van der Waals surface area contributed by atoms with Crippen LogP contribution in [0.4, 0.5) is 0 Å². The van der Waals surface area contributed by atoms with Crippen LogP contribution in [0.25, 0.3) is 0 Å². The lowest BCUT2D eigenvalue weighted by molar-refractivity contribution is -0.172. The minimum Gasteiger partial charge on any atom is -0.465 e. The Morgan fingerprint density at radius 2 is 0.330 bits per heavy atom. The first kappa shape index (κ1) is 105. The Bertz CT molecular complexity index is 1660. The summed E-state index contributed by atoms with van der Waals surface area (Å²) in [5.74, 6) is -1.37. The highest BCUT2D eigenvalue weighted by atomic mass is 16.6. The summed E-state index contributed by atoms with van der Waals surface area (Å²) in [5, 5.41) is 0. The third kappa shape index (κ3) is 79.5. The van der Waals surface area contributed by atoms with E-state index in [1.165, 1.54) is 449 Å². The molecule has 1 saturated carbocycles. The van der Waals surface area contributed by atoms with Crippen LogP contribution in [0.15, 0.2) is 0 Å². The number of hydrogen-bond acceptors (Lipinski definition) is 8. The second-order valence-corrected chi connectivity index (χ2v) is 35.9. The summed E-state index contributed by atoms with van der Waals surface area (Å²) < 4.78 is 25.0. The first-order chi connectivity index (χ1) is 53.9. The molecular weight excluding hydrogens is 1340 g/mol.